The molecule has 1 atom stereocenters. The van der Waals surface area contributed by atoms with Gasteiger partial charge in [0.15, 0.2) is 6.61 Å². The number of rotatable bonds is 12. The van der Waals surface area contributed by atoms with Gasteiger partial charge in [-0.05, 0) is 31.4 Å². The van der Waals surface area contributed by atoms with Crippen molar-refractivity contribution in [1.82, 2.24) is 0 Å². The predicted octanol–water partition coefficient (Wildman–Crippen LogP) is 1.60. The summed E-state index contributed by atoms with van der Waals surface area (Å²) in [7, 11) is 0. The minimum Gasteiger partial charge on any atom is -0.462 e. The largest absolute Gasteiger partial charge is 0.475 e. The highest BCUT2D eigenvalue weighted by molar-refractivity contribution is 5.89. The summed E-state index contributed by atoms with van der Waals surface area (Å²) in [5.41, 5.74) is -0.00262. The number of hydrogen-bond donors (Lipinski definition) is 1. The Morgan fingerprint density at radius 3 is 2.31 bits per heavy atom. The first-order chi connectivity index (χ1) is 12.3. The highest BCUT2D eigenvalue weighted by Crippen LogP contribution is 2.13. The van der Waals surface area contributed by atoms with E-state index in [-0.39, 0.29) is 24.3 Å². The molecule has 1 aromatic rings. The molecule has 1 rings (SSSR count). The lowest BCUT2D eigenvalue weighted by atomic mass is 10.1. The lowest BCUT2D eigenvalue weighted by molar-refractivity contribution is -0.977. The standard InChI is InChI=1S/C13H16N3O10/c17-13(10-4-6-11(7-5-10)14(18)19)24-8-2-1-3-12(26-16(22)23)9-25-15(20)21/h4-7,12H,1-3,8-9H2,(H,20,21)/q+1/t12-/m0/s1. The van der Waals surface area contributed by atoms with Gasteiger partial charge in [-0.2, -0.15) is 4.84 Å². The molecule has 0 fully saturated rings. The van der Waals surface area contributed by atoms with Crippen LogP contribution in [0.3, 0.4) is 0 Å². The van der Waals surface area contributed by atoms with Crippen molar-refractivity contribution in [1.29, 1.82) is 0 Å². The lowest BCUT2D eigenvalue weighted by Gasteiger charge is -2.11. The second-order valence-corrected chi connectivity index (χ2v) is 4.92. The summed E-state index contributed by atoms with van der Waals surface area (Å²) in [5, 5.41) is 27.3. The highest BCUT2D eigenvalue weighted by atomic mass is 17.0. The van der Waals surface area contributed by atoms with Gasteiger partial charge in [-0.25, -0.2) is 10.0 Å². The van der Waals surface area contributed by atoms with Crippen molar-refractivity contribution in [3.05, 3.63) is 55.0 Å². The van der Waals surface area contributed by atoms with Crippen LogP contribution in [-0.2, 0) is 14.4 Å². The quantitative estimate of drug-likeness (QED) is 0.245. The lowest BCUT2D eigenvalue weighted by Crippen LogP contribution is -2.25. The summed E-state index contributed by atoms with van der Waals surface area (Å²) in [4.78, 5) is 50.7. The third kappa shape index (κ3) is 7.85. The molecule has 1 N–H and O–H groups in total. The molecule has 0 saturated heterocycles. The van der Waals surface area contributed by atoms with Gasteiger partial charge in [-0.1, -0.05) is 0 Å². The molecule has 0 aromatic heterocycles. The van der Waals surface area contributed by atoms with Crippen molar-refractivity contribution in [3.63, 3.8) is 0 Å². The first-order valence-electron chi connectivity index (χ1n) is 7.31. The van der Waals surface area contributed by atoms with Crippen LogP contribution in [0.5, 0.6) is 0 Å². The van der Waals surface area contributed by atoms with E-state index in [9.17, 15) is 29.9 Å². The summed E-state index contributed by atoms with van der Waals surface area (Å²) in [6.45, 7) is -0.515. The van der Waals surface area contributed by atoms with Crippen LogP contribution < -0.4 is 0 Å². The van der Waals surface area contributed by atoms with Crippen LogP contribution in [0.1, 0.15) is 29.6 Å². The Balaban J connectivity index is 2.32. The van der Waals surface area contributed by atoms with Crippen LogP contribution in [0.4, 0.5) is 5.69 Å². The van der Waals surface area contributed by atoms with Crippen LogP contribution in [0.25, 0.3) is 0 Å². The first kappa shape index (κ1) is 20.5. The van der Waals surface area contributed by atoms with E-state index in [0.29, 0.717) is 12.8 Å². The maximum atomic E-state index is 11.8. The molecule has 0 amide bonds. The molecule has 0 aliphatic rings. The van der Waals surface area contributed by atoms with E-state index in [1.54, 1.807) is 0 Å². The molecule has 142 valence electrons. The van der Waals surface area contributed by atoms with Gasteiger partial charge in [-0.3, -0.25) is 10.1 Å². The van der Waals surface area contributed by atoms with Gasteiger partial charge in [0, 0.05) is 12.1 Å². The number of hydrogen-bond acceptors (Lipinski definition) is 9. The van der Waals surface area contributed by atoms with Crippen LogP contribution in [0, 0.1) is 25.1 Å². The maximum Gasteiger partial charge on any atom is 0.475 e. The Morgan fingerprint density at radius 1 is 1.12 bits per heavy atom. The van der Waals surface area contributed by atoms with Crippen molar-refractivity contribution in [2.45, 2.75) is 25.4 Å². The average Bonchev–Trinajstić information content (AvgIpc) is 2.58. The highest BCUT2D eigenvalue weighted by Gasteiger charge is 2.19. The Morgan fingerprint density at radius 2 is 1.77 bits per heavy atom. The van der Waals surface area contributed by atoms with Gasteiger partial charge in [0.25, 0.3) is 10.8 Å². The third-order valence-corrected chi connectivity index (χ3v) is 3.07. The number of nitrogens with zero attached hydrogens (tertiary/aromatic N) is 3. The van der Waals surface area contributed by atoms with Gasteiger partial charge in [-0.15, -0.1) is 10.1 Å². The van der Waals surface area contributed by atoms with Crippen LogP contribution >= 0.6 is 0 Å². The van der Waals surface area contributed by atoms with E-state index in [4.69, 9.17) is 9.94 Å². The monoisotopic (exact) mass is 374 g/mol. The minimum atomic E-state index is -1.07. The first-order valence-corrected chi connectivity index (χ1v) is 7.31. The van der Waals surface area contributed by atoms with E-state index in [1.807, 2.05) is 0 Å². The summed E-state index contributed by atoms with van der Waals surface area (Å²) < 4.78 is 4.98. The number of carbonyl (C=O) groups excluding carboxylic acids is 1. The molecule has 1 aromatic carbocycles. The molecule has 0 aliphatic carbocycles. The molecular formula is C13H16N3O10+. The van der Waals surface area contributed by atoms with Crippen LogP contribution in [-0.4, -0.2) is 45.6 Å². The fourth-order valence-corrected chi connectivity index (χ4v) is 1.88. The van der Waals surface area contributed by atoms with Crippen molar-refractivity contribution < 1.29 is 39.5 Å². The maximum absolute atomic E-state index is 11.8. The zero-order chi connectivity index (χ0) is 19.5. The molecule has 0 radical (unpaired) electrons. The molecule has 13 nitrogen and oxygen atoms in total. The number of carbonyl (C=O) groups is 1. The topological polar surface area (TPSA) is 171 Å². The number of nitro benzene ring substituents is 1. The molecule has 0 bridgehead atoms. The van der Waals surface area contributed by atoms with E-state index in [1.165, 1.54) is 24.3 Å². The molecule has 13 heteroatoms. The fraction of sp³-hybridized carbons (Fsp3) is 0.462. The third-order valence-electron chi connectivity index (χ3n) is 3.07. The number of esters is 1. The van der Waals surface area contributed by atoms with Gasteiger partial charge in [0.05, 0.1) is 17.1 Å². The summed E-state index contributed by atoms with van der Waals surface area (Å²) >= 11 is 0. The normalized spacial score (nSPS) is 11.2. The van der Waals surface area contributed by atoms with Crippen molar-refractivity contribution in [3.8, 4) is 0 Å². The zero-order valence-corrected chi connectivity index (χ0v) is 13.4. The summed E-state index contributed by atoms with van der Waals surface area (Å²) in [6, 6.07) is 4.89. The van der Waals surface area contributed by atoms with Crippen LogP contribution in [0.2, 0.25) is 0 Å². The summed E-state index contributed by atoms with van der Waals surface area (Å²) in [6.07, 6.45) is -0.265. The number of ether oxygens (including phenoxy) is 1. The molecule has 0 spiro atoms. The number of non-ortho nitro benzene ring substituents is 1. The second-order valence-electron chi connectivity index (χ2n) is 4.92. The van der Waals surface area contributed by atoms with E-state index in [0.717, 1.165) is 0 Å². The number of unbranched alkanes of at least 4 members (excludes halogenated alkanes) is 1. The Hall–Kier alpha value is -3.51. The van der Waals surface area contributed by atoms with Crippen LogP contribution in [0.15, 0.2) is 24.3 Å². The average molecular weight is 374 g/mol. The van der Waals surface area contributed by atoms with E-state index >= 15 is 0 Å². The van der Waals surface area contributed by atoms with Crippen molar-refractivity contribution in [2.24, 2.45) is 0 Å². The Bertz CT molecular complexity index is 648. The molecule has 26 heavy (non-hydrogen) atoms. The summed E-state index contributed by atoms with van der Waals surface area (Å²) in [5.74, 6) is -0.663. The van der Waals surface area contributed by atoms with Gasteiger partial charge >= 0.3 is 11.1 Å². The van der Waals surface area contributed by atoms with Gasteiger partial charge in [0.2, 0.25) is 0 Å². The van der Waals surface area contributed by atoms with E-state index in [2.05, 4.69) is 9.68 Å². The molecule has 0 saturated carbocycles. The smallest absolute Gasteiger partial charge is 0.462 e. The Kier molecular flexibility index (Phi) is 8.19. The second kappa shape index (κ2) is 10.4. The Labute approximate surface area is 145 Å². The SMILES string of the molecule is O=C(OCCCC[C@@H](CO[N+](=O)O)O[N+](=O)[O-])c1ccc([N+](=O)[O-])cc1. The molecule has 0 aliphatic heterocycles. The van der Waals surface area contributed by atoms with Crippen molar-refractivity contribution >= 4 is 11.7 Å². The van der Waals surface area contributed by atoms with Gasteiger partial charge in [0.1, 0.15) is 11.0 Å². The molecular weight excluding hydrogens is 358 g/mol. The van der Waals surface area contributed by atoms with Gasteiger partial charge < -0.3 is 9.57 Å². The van der Waals surface area contributed by atoms with E-state index < -0.39 is 33.8 Å². The number of benzene rings is 1. The molecule has 0 unspecified atom stereocenters. The zero-order valence-electron chi connectivity index (χ0n) is 13.4. The fourth-order valence-electron chi connectivity index (χ4n) is 1.88. The molecule has 0 heterocycles. The minimum absolute atomic E-state index is 0.00947. The van der Waals surface area contributed by atoms with Crippen molar-refractivity contribution in [2.75, 3.05) is 13.2 Å². The predicted molar refractivity (Wildman–Crippen MR) is 80.5 cm³/mol. The number of nitro groups is 1.